The second-order valence-corrected chi connectivity index (χ2v) is 6.37. The van der Waals surface area contributed by atoms with Crippen molar-refractivity contribution in [2.75, 3.05) is 10.6 Å². The molecule has 2 N–H and O–H groups in total. The summed E-state index contributed by atoms with van der Waals surface area (Å²) in [5.74, 6) is 0.294. The number of anilines is 2. The number of nitrogens with one attached hydrogen (secondary N) is 2. The van der Waals surface area contributed by atoms with Gasteiger partial charge < -0.3 is 10.6 Å². The number of fused-ring (bicyclic) bond motifs is 1. The largest absolute Gasteiger partial charge is 0.365 e. The minimum atomic E-state index is -0.257. The maximum absolute atomic E-state index is 13.0. The fourth-order valence-corrected chi connectivity index (χ4v) is 2.92. The van der Waals surface area contributed by atoms with E-state index in [1.54, 1.807) is 22.8 Å². The summed E-state index contributed by atoms with van der Waals surface area (Å²) in [6.07, 6.45) is 1.75. The molecule has 0 aliphatic carbocycles. The summed E-state index contributed by atoms with van der Waals surface area (Å²) >= 11 is 0. The highest BCUT2D eigenvalue weighted by atomic mass is 19.1. The van der Waals surface area contributed by atoms with Crippen LogP contribution >= 0.6 is 0 Å². The van der Waals surface area contributed by atoms with Gasteiger partial charge in [0.25, 0.3) is 0 Å². The maximum atomic E-state index is 13.0. The van der Waals surface area contributed by atoms with Crippen molar-refractivity contribution in [3.05, 3.63) is 78.2 Å². The zero-order valence-electron chi connectivity index (χ0n) is 15.2. The van der Waals surface area contributed by atoms with Gasteiger partial charge in [0.15, 0.2) is 5.65 Å². The van der Waals surface area contributed by atoms with E-state index in [1.807, 2.05) is 36.4 Å². The molecule has 0 bridgehead atoms. The van der Waals surface area contributed by atoms with Crippen molar-refractivity contribution in [3.8, 4) is 11.3 Å². The van der Waals surface area contributed by atoms with Crippen molar-refractivity contribution >= 4 is 23.1 Å². The van der Waals surface area contributed by atoms with Gasteiger partial charge in [0, 0.05) is 24.7 Å². The number of aromatic nitrogens is 3. The van der Waals surface area contributed by atoms with E-state index in [9.17, 15) is 9.18 Å². The number of nitrogens with zero attached hydrogens (tertiary/aromatic N) is 3. The Bertz CT molecular complexity index is 1140. The van der Waals surface area contributed by atoms with Gasteiger partial charge in [-0.1, -0.05) is 24.3 Å². The number of carbonyl (C=O) groups is 1. The van der Waals surface area contributed by atoms with Crippen molar-refractivity contribution < 1.29 is 9.18 Å². The Labute approximate surface area is 161 Å². The smallest absolute Gasteiger partial charge is 0.221 e. The summed E-state index contributed by atoms with van der Waals surface area (Å²) in [6, 6.07) is 17.6. The van der Waals surface area contributed by atoms with Gasteiger partial charge in [-0.05, 0) is 42.0 Å². The minimum absolute atomic E-state index is 0.124. The molecular weight excluding hydrogens is 357 g/mol. The first-order valence-electron chi connectivity index (χ1n) is 8.79. The number of halogens is 1. The number of rotatable bonds is 5. The molecule has 1 amide bonds. The number of imidazole rings is 1. The molecule has 140 valence electrons. The summed E-state index contributed by atoms with van der Waals surface area (Å²) in [5, 5.41) is 10.6. The lowest BCUT2D eigenvalue weighted by atomic mass is 10.1. The molecule has 6 nitrogen and oxygen atoms in total. The van der Waals surface area contributed by atoms with E-state index >= 15 is 0 Å². The molecule has 0 saturated heterocycles. The van der Waals surface area contributed by atoms with E-state index in [1.165, 1.54) is 19.1 Å². The number of hydrogen-bond donors (Lipinski definition) is 2. The third-order valence-electron chi connectivity index (χ3n) is 4.23. The van der Waals surface area contributed by atoms with Crippen LogP contribution in [0.5, 0.6) is 0 Å². The molecule has 4 rings (SSSR count). The molecule has 4 aromatic rings. The second kappa shape index (κ2) is 7.48. The molecule has 0 aliphatic heterocycles. The van der Waals surface area contributed by atoms with Crippen molar-refractivity contribution in [2.24, 2.45) is 0 Å². The Morgan fingerprint density at radius 2 is 1.93 bits per heavy atom. The van der Waals surface area contributed by atoms with Crippen LogP contribution in [0.3, 0.4) is 0 Å². The van der Waals surface area contributed by atoms with Crippen LogP contribution in [0.25, 0.3) is 16.9 Å². The predicted octanol–water partition coefficient (Wildman–Crippen LogP) is 4.11. The van der Waals surface area contributed by atoms with Crippen LogP contribution in [0.1, 0.15) is 12.5 Å². The van der Waals surface area contributed by atoms with Gasteiger partial charge in [-0.3, -0.25) is 4.79 Å². The minimum Gasteiger partial charge on any atom is -0.365 e. The Morgan fingerprint density at radius 3 is 2.71 bits per heavy atom. The van der Waals surface area contributed by atoms with Crippen LogP contribution in [0.4, 0.5) is 15.9 Å². The van der Waals surface area contributed by atoms with Gasteiger partial charge in [0.1, 0.15) is 11.6 Å². The lowest BCUT2D eigenvalue weighted by Crippen LogP contribution is -2.06. The molecule has 0 unspecified atom stereocenters. The standard InChI is InChI=1S/C21H18FN5O/c1-14(28)25-18-4-2-3-16(11-18)19-13-24-21-10-9-20(26-27(19)21)23-12-15-5-7-17(22)8-6-15/h2-11,13H,12H2,1H3,(H,23,26)(H,25,28). The molecule has 0 spiro atoms. The zero-order valence-corrected chi connectivity index (χ0v) is 15.2. The summed E-state index contributed by atoms with van der Waals surface area (Å²) in [6.45, 7) is 2.00. The van der Waals surface area contributed by atoms with E-state index < -0.39 is 0 Å². The van der Waals surface area contributed by atoms with Crippen LogP contribution in [-0.2, 0) is 11.3 Å². The summed E-state index contributed by atoms with van der Waals surface area (Å²) in [4.78, 5) is 15.7. The summed E-state index contributed by atoms with van der Waals surface area (Å²) < 4.78 is 14.8. The van der Waals surface area contributed by atoms with E-state index in [0.717, 1.165) is 16.8 Å². The molecule has 2 heterocycles. The molecule has 0 saturated carbocycles. The molecule has 28 heavy (non-hydrogen) atoms. The normalized spacial score (nSPS) is 10.8. The molecule has 0 atom stereocenters. The highest BCUT2D eigenvalue weighted by Gasteiger charge is 2.09. The van der Waals surface area contributed by atoms with Crippen LogP contribution in [0, 0.1) is 5.82 Å². The van der Waals surface area contributed by atoms with E-state index in [4.69, 9.17) is 0 Å². The van der Waals surface area contributed by atoms with E-state index in [-0.39, 0.29) is 11.7 Å². The topological polar surface area (TPSA) is 71.3 Å². The van der Waals surface area contributed by atoms with Gasteiger partial charge in [0.2, 0.25) is 5.91 Å². The number of benzene rings is 2. The maximum Gasteiger partial charge on any atom is 0.221 e. The Morgan fingerprint density at radius 1 is 1.11 bits per heavy atom. The number of hydrogen-bond acceptors (Lipinski definition) is 4. The fourth-order valence-electron chi connectivity index (χ4n) is 2.92. The predicted molar refractivity (Wildman–Crippen MR) is 106 cm³/mol. The van der Waals surface area contributed by atoms with Gasteiger partial charge in [-0.15, -0.1) is 5.10 Å². The van der Waals surface area contributed by atoms with E-state index in [0.29, 0.717) is 23.7 Å². The lowest BCUT2D eigenvalue weighted by molar-refractivity contribution is -0.114. The molecule has 0 fully saturated rings. The highest BCUT2D eigenvalue weighted by molar-refractivity contribution is 5.89. The van der Waals surface area contributed by atoms with Crippen LogP contribution < -0.4 is 10.6 Å². The quantitative estimate of drug-likeness (QED) is 0.551. The summed E-state index contributed by atoms with van der Waals surface area (Å²) in [7, 11) is 0. The first-order valence-corrected chi connectivity index (χ1v) is 8.79. The second-order valence-electron chi connectivity index (χ2n) is 6.37. The number of amides is 1. The molecule has 0 radical (unpaired) electrons. The molecule has 2 aromatic carbocycles. The lowest BCUT2D eigenvalue weighted by Gasteiger charge is -2.08. The first-order chi connectivity index (χ1) is 13.6. The van der Waals surface area contributed by atoms with Crippen molar-refractivity contribution in [2.45, 2.75) is 13.5 Å². The average molecular weight is 375 g/mol. The SMILES string of the molecule is CC(=O)Nc1cccc(-c2cnc3ccc(NCc4ccc(F)cc4)nn23)c1. The zero-order chi connectivity index (χ0) is 19.5. The Hall–Kier alpha value is -3.74. The monoisotopic (exact) mass is 375 g/mol. The van der Waals surface area contributed by atoms with Crippen molar-refractivity contribution in [1.82, 2.24) is 14.6 Å². The molecule has 7 heteroatoms. The van der Waals surface area contributed by atoms with Crippen LogP contribution in [0.15, 0.2) is 66.9 Å². The summed E-state index contributed by atoms with van der Waals surface area (Å²) in [5.41, 5.74) is 4.09. The molecule has 0 aliphatic rings. The highest BCUT2D eigenvalue weighted by Crippen LogP contribution is 2.24. The van der Waals surface area contributed by atoms with Gasteiger partial charge in [-0.2, -0.15) is 0 Å². The Kier molecular flexibility index (Phi) is 4.72. The Balaban J connectivity index is 1.61. The number of carbonyl (C=O) groups excluding carboxylic acids is 1. The third kappa shape index (κ3) is 3.83. The van der Waals surface area contributed by atoms with E-state index in [2.05, 4.69) is 20.7 Å². The molecule has 2 aromatic heterocycles. The van der Waals surface area contributed by atoms with Crippen molar-refractivity contribution in [3.63, 3.8) is 0 Å². The third-order valence-corrected chi connectivity index (χ3v) is 4.23. The van der Waals surface area contributed by atoms with Crippen LogP contribution in [-0.4, -0.2) is 20.5 Å². The average Bonchev–Trinajstić information content (AvgIpc) is 3.10. The molecular formula is C21H18FN5O. The van der Waals surface area contributed by atoms with Crippen LogP contribution in [0.2, 0.25) is 0 Å². The first kappa shape index (κ1) is 17.7. The van der Waals surface area contributed by atoms with Gasteiger partial charge in [0.05, 0.1) is 11.9 Å². The van der Waals surface area contributed by atoms with Crippen molar-refractivity contribution in [1.29, 1.82) is 0 Å². The van der Waals surface area contributed by atoms with Gasteiger partial charge in [-0.25, -0.2) is 13.9 Å². The fraction of sp³-hybridized carbons (Fsp3) is 0.0952. The van der Waals surface area contributed by atoms with Gasteiger partial charge >= 0.3 is 0 Å².